The van der Waals surface area contributed by atoms with E-state index >= 15 is 0 Å². The molecule has 0 aromatic rings. The van der Waals surface area contributed by atoms with Crippen LogP contribution in [0.1, 0.15) is 26.2 Å². The van der Waals surface area contributed by atoms with Crippen molar-refractivity contribution < 1.29 is 19.4 Å². The normalized spacial score (nSPS) is 26.8. The van der Waals surface area contributed by atoms with Crippen LogP contribution in [0.5, 0.6) is 0 Å². The predicted molar refractivity (Wildman–Crippen MR) is 69.6 cm³/mol. The monoisotopic (exact) mass is 267 g/mol. The highest BCUT2D eigenvalue weighted by atomic mass is 16.5. The zero-order valence-corrected chi connectivity index (χ0v) is 11.2. The molecule has 1 N–H and O–H groups in total. The van der Waals surface area contributed by atoms with Gasteiger partial charge in [0, 0.05) is 12.5 Å². The summed E-state index contributed by atoms with van der Waals surface area (Å²) in [6.45, 7) is 3.14. The minimum absolute atomic E-state index is 0.0124. The molecule has 1 aliphatic heterocycles. The third kappa shape index (κ3) is 2.97. The van der Waals surface area contributed by atoms with Gasteiger partial charge in [-0.15, -0.1) is 0 Å². The maximum Gasteiger partial charge on any atom is 0.311 e. The van der Waals surface area contributed by atoms with Crippen molar-refractivity contribution in [1.29, 1.82) is 0 Å². The number of allylic oxidation sites excluding steroid dienone is 2. The quantitative estimate of drug-likeness (QED) is 0.762. The van der Waals surface area contributed by atoms with E-state index in [1.807, 2.05) is 19.1 Å². The molecule has 0 aromatic heterocycles. The first kappa shape index (κ1) is 14.1. The van der Waals surface area contributed by atoms with Gasteiger partial charge in [0.25, 0.3) is 0 Å². The average molecular weight is 267 g/mol. The van der Waals surface area contributed by atoms with Gasteiger partial charge in [-0.2, -0.15) is 0 Å². The summed E-state index contributed by atoms with van der Waals surface area (Å²) < 4.78 is 5.28. The molecule has 1 heterocycles. The van der Waals surface area contributed by atoms with Crippen molar-refractivity contribution in [2.75, 3.05) is 19.8 Å². The summed E-state index contributed by atoms with van der Waals surface area (Å²) in [7, 11) is 0. The Hall–Kier alpha value is -1.36. The maximum atomic E-state index is 12.5. The molecule has 1 aliphatic carbocycles. The van der Waals surface area contributed by atoms with Gasteiger partial charge in [-0.25, -0.2) is 0 Å². The van der Waals surface area contributed by atoms with E-state index < -0.39 is 11.9 Å². The molecule has 5 heteroatoms. The number of hydrogen-bond acceptors (Lipinski definition) is 3. The van der Waals surface area contributed by atoms with Gasteiger partial charge in [0.1, 0.15) is 5.92 Å². The Morgan fingerprint density at radius 2 is 2.00 bits per heavy atom. The molecule has 2 atom stereocenters. The van der Waals surface area contributed by atoms with Gasteiger partial charge >= 0.3 is 5.97 Å². The van der Waals surface area contributed by atoms with Gasteiger partial charge in [0.15, 0.2) is 0 Å². The summed E-state index contributed by atoms with van der Waals surface area (Å²) >= 11 is 0. The summed E-state index contributed by atoms with van der Waals surface area (Å²) in [4.78, 5) is 25.5. The van der Waals surface area contributed by atoms with Crippen molar-refractivity contribution in [2.24, 2.45) is 11.8 Å². The molecule has 2 rings (SSSR count). The zero-order chi connectivity index (χ0) is 13.8. The van der Waals surface area contributed by atoms with E-state index in [1.54, 1.807) is 4.90 Å². The lowest BCUT2D eigenvalue weighted by Gasteiger charge is -2.32. The Labute approximate surface area is 113 Å². The molecule has 2 unspecified atom stereocenters. The van der Waals surface area contributed by atoms with Crippen LogP contribution >= 0.6 is 0 Å². The number of aliphatic carboxylic acids is 1. The van der Waals surface area contributed by atoms with Gasteiger partial charge < -0.3 is 14.7 Å². The van der Waals surface area contributed by atoms with Crippen molar-refractivity contribution in [3.8, 4) is 0 Å². The molecule has 1 saturated heterocycles. The second-order valence-corrected chi connectivity index (χ2v) is 5.22. The fraction of sp³-hybridized carbons (Fsp3) is 0.714. The molecule has 1 amide bonds. The lowest BCUT2D eigenvalue weighted by Crippen LogP contribution is -2.48. The van der Waals surface area contributed by atoms with Crippen LogP contribution in [-0.2, 0) is 14.3 Å². The molecule has 19 heavy (non-hydrogen) atoms. The number of carbonyl (C=O) groups is 2. The van der Waals surface area contributed by atoms with Crippen LogP contribution in [0.25, 0.3) is 0 Å². The van der Waals surface area contributed by atoms with E-state index in [9.17, 15) is 14.7 Å². The molecular weight excluding hydrogens is 246 g/mol. The topological polar surface area (TPSA) is 66.8 Å². The van der Waals surface area contributed by atoms with Crippen molar-refractivity contribution in [1.82, 2.24) is 4.90 Å². The second kappa shape index (κ2) is 6.19. The van der Waals surface area contributed by atoms with Gasteiger partial charge in [0.05, 0.1) is 19.3 Å². The SMILES string of the molecule is CCCN(C(=O)C1CC=CC1)C1COCC1C(=O)O. The molecule has 0 bridgehead atoms. The van der Waals surface area contributed by atoms with Gasteiger partial charge in [0.2, 0.25) is 5.91 Å². The number of amides is 1. The average Bonchev–Trinajstić information content (AvgIpc) is 3.05. The molecule has 0 aromatic carbocycles. The first-order valence-electron chi connectivity index (χ1n) is 6.91. The number of carboxylic acids is 1. The minimum Gasteiger partial charge on any atom is -0.481 e. The fourth-order valence-corrected chi connectivity index (χ4v) is 2.82. The lowest BCUT2D eigenvalue weighted by molar-refractivity contribution is -0.146. The Balaban J connectivity index is 2.10. The number of hydrogen-bond donors (Lipinski definition) is 1. The van der Waals surface area contributed by atoms with Gasteiger partial charge in [-0.1, -0.05) is 19.1 Å². The van der Waals surface area contributed by atoms with E-state index in [-0.39, 0.29) is 24.5 Å². The lowest BCUT2D eigenvalue weighted by atomic mass is 9.98. The number of ether oxygens (including phenoxy) is 1. The predicted octanol–water partition coefficient (Wildman–Crippen LogP) is 1.29. The van der Waals surface area contributed by atoms with Crippen LogP contribution < -0.4 is 0 Å². The summed E-state index contributed by atoms with van der Waals surface area (Å²) in [6.07, 6.45) is 6.41. The number of nitrogens with zero attached hydrogens (tertiary/aromatic N) is 1. The van der Waals surface area contributed by atoms with Crippen molar-refractivity contribution in [2.45, 2.75) is 32.2 Å². The van der Waals surface area contributed by atoms with Crippen LogP contribution in [0.2, 0.25) is 0 Å². The van der Waals surface area contributed by atoms with E-state index in [2.05, 4.69) is 0 Å². The van der Waals surface area contributed by atoms with Crippen molar-refractivity contribution in [3.05, 3.63) is 12.2 Å². The third-order valence-electron chi connectivity index (χ3n) is 3.87. The first-order valence-corrected chi connectivity index (χ1v) is 6.91. The standard InChI is InChI=1S/C14H21NO4/c1-2-7-15(13(16)10-5-3-4-6-10)12-9-19-8-11(12)14(17)18/h3-4,10-12H,2,5-9H2,1H3,(H,17,18). The molecule has 0 spiro atoms. The summed E-state index contributed by atoms with van der Waals surface area (Å²) in [5.74, 6) is -1.40. The van der Waals surface area contributed by atoms with Crippen molar-refractivity contribution >= 4 is 11.9 Å². The summed E-state index contributed by atoms with van der Waals surface area (Å²) in [5, 5.41) is 9.22. The summed E-state index contributed by atoms with van der Waals surface area (Å²) in [5.41, 5.74) is 0. The smallest absolute Gasteiger partial charge is 0.311 e. The van der Waals surface area contributed by atoms with Gasteiger partial charge in [-0.3, -0.25) is 9.59 Å². The van der Waals surface area contributed by atoms with Crippen LogP contribution in [0.3, 0.4) is 0 Å². The molecule has 2 aliphatic rings. The van der Waals surface area contributed by atoms with E-state index in [1.165, 1.54) is 0 Å². The highest BCUT2D eigenvalue weighted by molar-refractivity contribution is 5.81. The molecule has 0 saturated carbocycles. The Morgan fingerprint density at radius 3 is 2.58 bits per heavy atom. The molecule has 5 nitrogen and oxygen atoms in total. The largest absolute Gasteiger partial charge is 0.481 e. The van der Waals surface area contributed by atoms with E-state index in [0.717, 1.165) is 19.3 Å². The van der Waals surface area contributed by atoms with Crippen molar-refractivity contribution in [3.63, 3.8) is 0 Å². The maximum absolute atomic E-state index is 12.5. The highest BCUT2D eigenvalue weighted by Gasteiger charge is 2.41. The Morgan fingerprint density at radius 1 is 1.32 bits per heavy atom. The van der Waals surface area contributed by atoms with Crippen LogP contribution in [-0.4, -0.2) is 47.7 Å². The number of rotatable bonds is 5. The molecule has 0 radical (unpaired) electrons. The van der Waals surface area contributed by atoms with Gasteiger partial charge in [-0.05, 0) is 19.3 Å². The summed E-state index contributed by atoms with van der Waals surface area (Å²) in [6, 6.07) is -0.314. The highest BCUT2D eigenvalue weighted by Crippen LogP contribution is 2.26. The number of carbonyl (C=O) groups excluding carboxylic acids is 1. The fourth-order valence-electron chi connectivity index (χ4n) is 2.82. The molecule has 1 fully saturated rings. The first-order chi connectivity index (χ1) is 9.15. The number of carboxylic acid groups (broad SMARTS) is 1. The third-order valence-corrected chi connectivity index (χ3v) is 3.87. The molecular formula is C14H21NO4. The zero-order valence-electron chi connectivity index (χ0n) is 11.2. The second-order valence-electron chi connectivity index (χ2n) is 5.22. The minimum atomic E-state index is -0.874. The van der Waals surface area contributed by atoms with Crippen LogP contribution in [0, 0.1) is 11.8 Å². The molecule has 106 valence electrons. The van der Waals surface area contributed by atoms with Crippen LogP contribution in [0.4, 0.5) is 0 Å². The van der Waals surface area contributed by atoms with Crippen LogP contribution in [0.15, 0.2) is 12.2 Å². The Bertz CT molecular complexity index is 372. The Kier molecular flexibility index (Phi) is 4.58. The van der Waals surface area contributed by atoms with E-state index in [4.69, 9.17) is 4.74 Å². The van der Waals surface area contributed by atoms with E-state index in [0.29, 0.717) is 13.2 Å².